The summed E-state index contributed by atoms with van der Waals surface area (Å²) in [5.74, 6) is -10.3. The van der Waals surface area contributed by atoms with Crippen LogP contribution in [0.3, 0.4) is 0 Å². The number of thiol groups is 1. The first-order chi connectivity index (χ1) is 34.7. The molecule has 0 aliphatic carbocycles. The summed E-state index contributed by atoms with van der Waals surface area (Å²) in [4.78, 5) is 136. The van der Waals surface area contributed by atoms with Gasteiger partial charge in [0.1, 0.15) is 36.3 Å². The Morgan fingerprint density at radius 2 is 1.04 bits per heavy atom. The van der Waals surface area contributed by atoms with Crippen molar-refractivity contribution in [3.63, 3.8) is 0 Å². The zero-order chi connectivity index (χ0) is 54.3. The van der Waals surface area contributed by atoms with Crippen LogP contribution in [-0.4, -0.2) is 159 Å². The molecule has 0 spiro atoms. The van der Waals surface area contributed by atoms with Crippen LogP contribution < -0.4 is 48.3 Å². The molecule has 26 heteroatoms. The minimum atomic E-state index is -1.73. The van der Waals surface area contributed by atoms with E-state index in [9.17, 15) is 73.2 Å². The highest BCUT2D eigenvalue weighted by Crippen LogP contribution is 2.10. The fourth-order valence-corrected chi connectivity index (χ4v) is 7.13. The number of nitrogens with one attached hydrogen (secondary N) is 8. The lowest BCUT2D eigenvalue weighted by atomic mass is 10.0. The molecule has 7 atom stereocenters. The molecule has 0 heterocycles. The van der Waals surface area contributed by atoms with E-state index < -0.39 is 127 Å². The van der Waals surface area contributed by atoms with Gasteiger partial charge in [-0.3, -0.25) is 38.4 Å². The fraction of sp³-hybridized carbons (Fsp3) is 0.511. The number of carboxylic acids is 4. The van der Waals surface area contributed by atoms with Gasteiger partial charge in [-0.1, -0.05) is 79.9 Å². The second kappa shape index (κ2) is 34.1. The molecule has 15 N–H and O–H groups in total. The molecule has 0 fully saturated rings. The molecule has 0 aliphatic heterocycles. The van der Waals surface area contributed by atoms with Crippen LogP contribution >= 0.6 is 12.6 Å². The van der Waals surface area contributed by atoms with Crippen LogP contribution in [0.15, 0.2) is 60.7 Å². The number of aliphatic hydroxyl groups excluding tert-OH is 1. The van der Waals surface area contributed by atoms with Crippen LogP contribution in [0.1, 0.15) is 81.8 Å². The summed E-state index contributed by atoms with van der Waals surface area (Å²) >= 11 is 3.85. The number of hydrogen-bond donors (Lipinski definition) is 15. The number of hydrogen-bond acceptors (Lipinski definition) is 14. The van der Waals surface area contributed by atoms with Gasteiger partial charge < -0.3 is 73.8 Å². The van der Waals surface area contributed by atoms with Gasteiger partial charge >= 0.3 is 29.9 Å². The molecule has 0 saturated carbocycles. The van der Waals surface area contributed by atoms with Gasteiger partial charge in [0.15, 0.2) is 0 Å². The number of rotatable bonds is 36. The van der Waals surface area contributed by atoms with E-state index in [0.29, 0.717) is 49.8 Å². The number of amides is 8. The normalized spacial score (nSPS) is 13.7. The molecule has 73 heavy (non-hydrogen) atoms. The smallest absolute Gasteiger partial charge is 0.327 e. The number of carboxylic acid groups (broad SMARTS) is 4. The van der Waals surface area contributed by atoms with Crippen LogP contribution in [-0.2, 0) is 60.8 Å². The van der Waals surface area contributed by atoms with Gasteiger partial charge in [0.25, 0.3) is 0 Å². The van der Waals surface area contributed by atoms with Crippen LogP contribution in [0, 0.1) is 0 Å². The average molecular weight is 1050 g/mol. The van der Waals surface area contributed by atoms with Gasteiger partial charge in [0, 0.05) is 50.9 Å². The maximum absolute atomic E-state index is 14.0. The van der Waals surface area contributed by atoms with Gasteiger partial charge in [-0.2, -0.15) is 12.6 Å². The molecule has 0 aromatic heterocycles. The highest BCUT2D eigenvalue weighted by molar-refractivity contribution is 7.80. The van der Waals surface area contributed by atoms with Gasteiger partial charge in [-0.15, -0.1) is 0 Å². The van der Waals surface area contributed by atoms with Crippen molar-refractivity contribution in [3.8, 4) is 0 Å². The first-order valence-electron chi connectivity index (χ1n) is 23.5. The minimum absolute atomic E-state index is 0.0258. The van der Waals surface area contributed by atoms with Crippen molar-refractivity contribution in [2.24, 2.45) is 5.73 Å². The summed E-state index contributed by atoms with van der Waals surface area (Å²) in [6, 6.07) is 7.06. The Hall–Kier alpha value is -7.32. The Bertz CT molecular complexity index is 2160. The van der Waals surface area contributed by atoms with Crippen LogP contribution in [0.2, 0.25) is 0 Å². The number of benzene rings is 2. The van der Waals surface area contributed by atoms with Crippen molar-refractivity contribution in [1.29, 1.82) is 0 Å². The molecule has 0 saturated heterocycles. The van der Waals surface area contributed by atoms with Crippen molar-refractivity contribution < 1.29 is 78.3 Å². The van der Waals surface area contributed by atoms with Crippen molar-refractivity contribution in [2.45, 2.75) is 126 Å². The highest BCUT2D eigenvalue weighted by atomic mass is 32.1. The summed E-state index contributed by atoms with van der Waals surface area (Å²) in [7, 11) is 0. The average Bonchev–Trinajstić information content (AvgIpc) is 3.34. The van der Waals surface area contributed by atoms with Gasteiger partial charge in [-0.05, 0) is 36.8 Å². The van der Waals surface area contributed by atoms with Gasteiger partial charge in [-0.25, -0.2) is 14.4 Å². The molecular weight excluding hydrogens is 979 g/mol. The predicted molar refractivity (Wildman–Crippen MR) is 264 cm³/mol. The Morgan fingerprint density at radius 1 is 0.507 bits per heavy atom. The van der Waals surface area contributed by atoms with E-state index in [1.54, 1.807) is 60.7 Å². The maximum atomic E-state index is 14.0. The van der Waals surface area contributed by atoms with Gasteiger partial charge in [0.05, 0.1) is 19.1 Å². The molecule has 0 radical (unpaired) electrons. The molecule has 8 amide bonds. The lowest BCUT2D eigenvalue weighted by Crippen LogP contribution is -2.58. The molecule has 0 aliphatic rings. The van der Waals surface area contributed by atoms with Crippen molar-refractivity contribution in [3.05, 3.63) is 71.8 Å². The van der Waals surface area contributed by atoms with E-state index in [0.717, 1.165) is 0 Å². The molecule has 2 aromatic carbocycles. The first-order valence-corrected chi connectivity index (χ1v) is 24.1. The number of nitrogens with two attached hydrogens (primary N) is 1. The third kappa shape index (κ3) is 26.1. The lowest BCUT2D eigenvalue weighted by Gasteiger charge is -2.24. The maximum Gasteiger partial charge on any atom is 0.327 e. The van der Waals surface area contributed by atoms with Crippen LogP contribution in [0.4, 0.5) is 4.79 Å². The third-order valence-electron chi connectivity index (χ3n) is 10.9. The first kappa shape index (κ1) is 61.8. The zero-order valence-corrected chi connectivity index (χ0v) is 41.0. The Labute approximate surface area is 426 Å². The van der Waals surface area contributed by atoms with E-state index in [2.05, 4.69) is 55.2 Å². The molecule has 0 unspecified atom stereocenters. The standard InChI is InChI=1S/C47H67N9O16S/c48-31(41(64)53-35(24-40(62)63)44(67)55-36(27-73)46(70)71)25-50-42(65)33(22-28-12-6-4-7-13-28)54-43(66)34(23-29-14-8-5-9-15-29)52-38(59)16-10-2-1-3-11-21-49-37(58)19-18-32(45(68)69)56-47(72)51-30(26-57)17-20-39(60)61/h4-9,12-15,30-36,57,73H,1-3,10-11,16-27,48H2,(H,49,58)(H,50,65)(H,52,59)(H,53,64)(H,54,66)(H,55,67)(H,60,61)(H,62,63)(H,68,69)(H,70,71)(H2,51,56,72)/t30-,31-,32-,33-,34-,35-,36-/m0/s1. The largest absolute Gasteiger partial charge is 0.481 e. The molecule has 402 valence electrons. The Kier molecular flexibility index (Phi) is 28.9. The van der Waals surface area contributed by atoms with Crippen LogP contribution in [0.25, 0.3) is 0 Å². The number of urea groups is 1. The summed E-state index contributed by atoms with van der Waals surface area (Å²) in [6.07, 6.45) is 1.39. The number of carbonyl (C=O) groups is 11. The molecule has 2 aromatic rings. The summed E-state index contributed by atoms with van der Waals surface area (Å²) in [6.45, 7) is -0.804. The van der Waals surface area contributed by atoms with E-state index >= 15 is 0 Å². The quantitative estimate of drug-likeness (QED) is 0.0274. The van der Waals surface area contributed by atoms with Crippen molar-refractivity contribution in [2.75, 3.05) is 25.4 Å². The summed E-state index contributed by atoms with van der Waals surface area (Å²) < 4.78 is 0. The molecule has 2 rings (SSSR count). The topological polar surface area (TPSA) is 411 Å². The van der Waals surface area contributed by atoms with Crippen molar-refractivity contribution >= 4 is 78.0 Å². The lowest BCUT2D eigenvalue weighted by molar-refractivity contribution is -0.143. The van der Waals surface area contributed by atoms with E-state index in [1.807, 2.05) is 0 Å². The predicted octanol–water partition coefficient (Wildman–Crippen LogP) is -1.44. The molecular formula is C47H67N9O16S. The van der Waals surface area contributed by atoms with Crippen LogP contribution in [0.5, 0.6) is 0 Å². The number of unbranched alkanes of at least 4 members (excludes halogenated alkanes) is 4. The molecule has 25 nitrogen and oxygen atoms in total. The van der Waals surface area contributed by atoms with Gasteiger partial charge in [0.2, 0.25) is 35.4 Å². The number of aliphatic carboxylic acids is 4. The Balaban J connectivity index is 1.95. The Morgan fingerprint density at radius 3 is 1.59 bits per heavy atom. The fourth-order valence-electron chi connectivity index (χ4n) is 6.89. The number of aliphatic hydroxyl groups is 1. The third-order valence-corrected chi connectivity index (χ3v) is 11.3. The van der Waals surface area contributed by atoms with E-state index in [-0.39, 0.29) is 50.7 Å². The monoisotopic (exact) mass is 1050 g/mol. The second-order valence-corrected chi connectivity index (χ2v) is 17.2. The van der Waals surface area contributed by atoms with E-state index in [4.69, 9.17) is 10.8 Å². The van der Waals surface area contributed by atoms with E-state index in [1.165, 1.54) is 0 Å². The highest BCUT2D eigenvalue weighted by Gasteiger charge is 2.31. The second-order valence-electron chi connectivity index (χ2n) is 16.9. The minimum Gasteiger partial charge on any atom is -0.481 e. The number of carbonyl (C=O) groups excluding carboxylic acids is 7. The summed E-state index contributed by atoms with van der Waals surface area (Å²) in [5, 5.41) is 65.6. The SMILES string of the molecule is N[C@@H](CNC(=O)[C@H](Cc1ccccc1)NC(=O)[C@H](Cc1ccccc1)NC(=O)CCCCCCCNC(=O)CC[C@H](NC(=O)N[C@H](CO)CCC(=O)O)C(=O)O)C(=O)N[C@@H](CC(=O)O)C(=O)N[C@@H](CS)C(=O)O. The summed E-state index contributed by atoms with van der Waals surface area (Å²) in [5.41, 5.74) is 7.37. The zero-order valence-electron chi connectivity index (χ0n) is 40.1. The molecule has 0 bridgehead atoms. The van der Waals surface area contributed by atoms with Crippen molar-refractivity contribution in [1.82, 2.24) is 42.5 Å².